The zero-order valence-corrected chi connectivity index (χ0v) is 16.8. The van der Waals surface area contributed by atoms with Crippen molar-refractivity contribution in [2.75, 3.05) is 0 Å². The fourth-order valence-electron chi connectivity index (χ4n) is 2.48. The molecule has 0 aliphatic rings. The highest BCUT2D eigenvalue weighted by atomic mass is 35.5. The molecule has 1 amide bonds. The third-order valence-corrected chi connectivity index (χ3v) is 5.19. The lowest BCUT2D eigenvalue weighted by atomic mass is 10.0. The van der Waals surface area contributed by atoms with Crippen LogP contribution in [0.1, 0.15) is 34.1 Å². The summed E-state index contributed by atoms with van der Waals surface area (Å²) in [5, 5.41) is 6.98. The summed E-state index contributed by atoms with van der Waals surface area (Å²) < 4.78 is 9.30. The number of ether oxygens (including phenoxy) is 1. The highest BCUT2D eigenvalue weighted by molar-refractivity contribution is 7.10. The number of carbonyl (C=O) groups is 2. The van der Waals surface area contributed by atoms with Crippen LogP contribution in [0.3, 0.4) is 0 Å². The van der Waals surface area contributed by atoms with Crippen LogP contribution in [0.15, 0.2) is 54.6 Å². The van der Waals surface area contributed by atoms with E-state index in [1.807, 2.05) is 30.3 Å². The molecular formula is C19H15Cl2N3O3S. The van der Waals surface area contributed by atoms with E-state index in [-0.39, 0.29) is 18.9 Å². The molecule has 1 aromatic heterocycles. The van der Waals surface area contributed by atoms with Crippen LogP contribution in [0.4, 0.5) is 0 Å². The zero-order chi connectivity index (χ0) is 19.9. The van der Waals surface area contributed by atoms with Crippen molar-refractivity contribution in [2.24, 2.45) is 0 Å². The molecule has 0 spiro atoms. The smallest absolute Gasteiger partial charge is 0.308 e. The largest absolute Gasteiger partial charge is 0.459 e. The van der Waals surface area contributed by atoms with Gasteiger partial charge in [-0.3, -0.25) is 9.59 Å². The number of nitrogens with one attached hydrogen (secondary N) is 1. The van der Waals surface area contributed by atoms with Crippen molar-refractivity contribution >= 4 is 46.6 Å². The number of benzene rings is 2. The SMILES string of the molecule is O=C(CC(NC(=O)c1ccccc1Cl)c1ccccc1)OCc1nnsc1Cl. The molecule has 6 nitrogen and oxygen atoms in total. The van der Waals surface area contributed by atoms with Gasteiger partial charge in [0.2, 0.25) is 0 Å². The summed E-state index contributed by atoms with van der Waals surface area (Å²) in [6.07, 6.45) is -0.0601. The minimum Gasteiger partial charge on any atom is -0.459 e. The van der Waals surface area contributed by atoms with Gasteiger partial charge in [0.05, 0.1) is 23.0 Å². The average molecular weight is 436 g/mol. The van der Waals surface area contributed by atoms with E-state index in [1.165, 1.54) is 0 Å². The Morgan fingerprint density at radius 3 is 2.46 bits per heavy atom. The quantitative estimate of drug-likeness (QED) is 0.554. The standard InChI is InChI=1S/C19H15Cl2N3O3S/c20-14-9-5-4-8-13(14)19(26)22-15(12-6-2-1-3-7-12)10-17(25)27-11-16-18(21)28-24-23-16/h1-9,15H,10-11H2,(H,22,26). The van der Waals surface area contributed by atoms with Gasteiger partial charge in [0.25, 0.3) is 5.91 Å². The predicted molar refractivity (Wildman–Crippen MR) is 107 cm³/mol. The Morgan fingerprint density at radius 2 is 1.79 bits per heavy atom. The first kappa shape index (κ1) is 20.3. The summed E-state index contributed by atoms with van der Waals surface area (Å²) in [6.45, 7) is -0.0753. The van der Waals surface area contributed by atoms with E-state index in [4.69, 9.17) is 27.9 Å². The van der Waals surface area contributed by atoms with Gasteiger partial charge in [0.15, 0.2) is 0 Å². The highest BCUT2D eigenvalue weighted by Crippen LogP contribution is 2.22. The summed E-state index contributed by atoms with van der Waals surface area (Å²) in [7, 11) is 0. The summed E-state index contributed by atoms with van der Waals surface area (Å²) >= 11 is 13.0. The Bertz CT molecular complexity index is 966. The van der Waals surface area contributed by atoms with E-state index in [0.717, 1.165) is 17.1 Å². The Labute approximate surface area is 175 Å². The third-order valence-electron chi connectivity index (χ3n) is 3.88. The van der Waals surface area contributed by atoms with Gasteiger partial charge in [-0.05, 0) is 17.7 Å². The van der Waals surface area contributed by atoms with E-state index < -0.39 is 12.0 Å². The second-order valence-corrected chi connectivity index (χ2v) is 7.54. The number of amides is 1. The minimum atomic E-state index is -0.582. The van der Waals surface area contributed by atoms with Crippen molar-refractivity contribution in [3.8, 4) is 0 Å². The summed E-state index contributed by atoms with van der Waals surface area (Å²) in [6, 6.07) is 15.3. The molecule has 3 aromatic rings. The van der Waals surface area contributed by atoms with Crippen LogP contribution in [-0.2, 0) is 16.1 Å². The molecular weight excluding hydrogens is 421 g/mol. The fraction of sp³-hybridized carbons (Fsp3) is 0.158. The normalized spacial score (nSPS) is 11.6. The summed E-state index contributed by atoms with van der Waals surface area (Å²) in [5.74, 6) is -0.878. The lowest BCUT2D eigenvalue weighted by Crippen LogP contribution is -2.30. The Morgan fingerprint density at radius 1 is 1.07 bits per heavy atom. The first-order valence-electron chi connectivity index (χ1n) is 8.27. The van der Waals surface area contributed by atoms with Crippen LogP contribution in [-0.4, -0.2) is 21.5 Å². The third kappa shape index (κ3) is 5.28. The van der Waals surface area contributed by atoms with Gasteiger partial charge in [0.1, 0.15) is 16.6 Å². The van der Waals surface area contributed by atoms with Crippen LogP contribution in [0.2, 0.25) is 9.36 Å². The van der Waals surface area contributed by atoms with E-state index in [1.54, 1.807) is 24.3 Å². The number of rotatable bonds is 7. The molecule has 144 valence electrons. The maximum Gasteiger partial charge on any atom is 0.308 e. The van der Waals surface area contributed by atoms with Gasteiger partial charge in [0, 0.05) is 11.5 Å². The fourth-order valence-corrected chi connectivity index (χ4v) is 3.30. The van der Waals surface area contributed by atoms with Crippen LogP contribution < -0.4 is 5.32 Å². The first-order valence-corrected chi connectivity index (χ1v) is 9.80. The number of hydrogen-bond acceptors (Lipinski definition) is 6. The molecule has 0 radical (unpaired) electrons. The number of nitrogens with zero attached hydrogens (tertiary/aromatic N) is 2. The molecule has 1 atom stereocenters. The van der Waals surface area contributed by atoms with E-state index in [9.17, 15) is 9.59 Å². The van der Waals surface area contributed by atoms with Gasteiger partial charge in [-0.15, -0.1) is 5.10 Å². The van der Waals surface area contributed by atoms with E-state index in [0.29, 0.717) is 20.6 Å². The van der Waals surface area contributed by atoms with Crippen molar-refractivity contribution < 1.29 is 14.3 Å². The molecule has 0 bridgehead atoms. The molecule has 0 aliphatic carbocycles. The number of halogens is 2. The Kier molecular flexibility index (Phi) is 6.97. The molecule has 2 aromatic carbocycles. The summed E-state index contributed by atoms with van der Waals surface area (Å²) in [4.78, 5) is 25.0. The number of hydrogen-bond donors (Lipinski definition) is 1. The lowest BCUT2D eigenvalue weighted by molar-refractivity contribution is -0.145. The lowest BCUT2D eigenvalue weighted by Gasteiger charge is -2.19. The topological polar surface area (TPSA) is 81.2 Å². The van der Waals surface area contributed by atoms with Crippen molar-refractivity contribution in [1.82, 2.24) is 14.9 Å². The Balaban J connectivity index is 1.70. The maximum absolute atomic E-state index is 12.6. The monoisotopic (exact) mass is 435 g/mol. The van der Waals surface area contributed by atoms with Crippen LogP contribution in [0, 0.1) is 0 Å². The van der Waals surface area contributed by atoms with Crippen molar-refractivity contribution in [3.05, 3.63) is 80.8 Å². The van der Waals surface area contributed by atoms with Crippen molar-refractivity contribution in [2.45, 2.75) is 19.1 Å². The first-order chi connectivity index (χ1) is 13.5. The van der Waals surface area contributed by atoms with E-state index >= 15 is 0 Å². The van der Waals surface area contributed by atoms with Crippen LogP contribution in [0.5, 0.6) is 0 Å². The molecule has 28 heavy (non-hydrogen) atoms. The molecule has 1 heterocycles. The molecule has 1 unspecified atom stereocenters. The van der Waals surface area contributed by atoms with E-state index in [2.05, 4.69) is 14.9 Å². The summed E-state index contributed by atoms with van der Waals surface area (Å²) in [5.41, 5.74) is 1.50. The van der Waals surface area contributed by atoms with Crippen LogP contribution >= 0.6 is 34.7 Å². The van der Waals surface area contributed by atoms with Crippen LogP contribution in [0.25, 0.3) is 0 Å². The average Bonchev–Trinajstić information content (AvgIpc) is 3.11. The van der Waals surface area contributed by atoms with Crippen molar-refractivity contribution in [1.29, 1.82) is 0 Å². The second-order valence-electron chi connectivity index (χ2n) is 5.77. The Hall–Kier alpha value is -2.48. The minimum absolute atomic E-state index is 0.0601. The second kappa shape index (κ2) is 9.64. The maximum atomic E-state index is 12.6. The molecule has 1 N–H and O–H groups in total. The van der Waals surface area contributed by atoms with Gasteiger partial charge >= 0.3 is 5.97 Å². The molecule has 0 aliphatic heterocycles. The van der Waals surface area contributed by atoms with Gasteiger partial charge in [-0.25, -0.2) is 0 Å². The van der Waals surface area contributed by atoms with Crippen molar-refractivity contribution in [3.63, 3.8) is 0 Å². The number of carbonyl (C=O) groups excluding carboxylic acids is 2. The predicted octanol–water partition coefficient (Wildman–Crippen LogP) is 4.45. The highest BCUT2D eigenvalue weighted by Gasteiger charge is 2.21. The van der Waals surface area contributed by atoms with Gasteiger partial charge in [-0.1, -0.05) is 70.2 Å². The molecule has 0 fully saturated rings. The van der Waals surface area contributed by atoms with Gasteiger partial charge in [-0.2, -0.15) is 0 Å². The molecule has 3 rings (SSSR count). The molecule has 0 saturated carbocycles. The number of esters is 1. The zero-order valence-electron chi connectivity index (χ0n) is 14.5. The molecule has 9 heteroatoms. The molecule has 0 saturated heterocycles. The number of aromatic nitrogens is 2. The van der Waals surface area contributed by atoms with Gasteiger partial charge < -0.3 is 10.1 Å².